The first-order valence-electron chi connectivity index (χ1n) is 11.2. The first-order chi connectivity index (χ1) is 15.6. The number of carbonyl (C=O) groups excluding carboxylic acids is 1. The van der Waals surface area contributed by atoms with Crippen LogP contribution in [0.15, 0.2) is 43.0 Å². The van der Waals surface area contributed by atoms with Crippen molar-refractivity contribution in [3.05, 3.63) is 43.0 Å². The molecule has 4 heterocycles. The molecule has 0 aliphatic carbocycles. The zero-order chi connectivity index (χ0) is 22.3. The van der Waals surface area contributed by atoms with Crippen molar-refractivity contribution < 1.29 is 9.53 Å². The largest absolute Gasteiger partial charge is 0.379 e. The van der Waals surface area contributed by atoms with Gasteiger partial charge in [0.15, 0.2) is 0 Å². The van der Waals surface area contributed by atoms with Crippen molar-refractivity contribution in [3.63, 3.8) is 0 Å². The Morgan fingerprint density at radius 2 is 2.09 bits per heavy atom. The van der Waals surface area contributed by atoms with E-state index in [-0.39, 0.29) is 5.91 Å². The Labute approximate surface area is 188 Å². The molecule has 0 radical (unpaired) electrons. The van der Waals surface area contributed by atoms with E-state index < -0.39 is 0 Å². The topological polar surface area (TPSA) is 88.4 Å². The summed E-state index contributed by atoms with van der Waals surface area (Å²) in [5, 5.41) is 8.21. The van der Waals surface area contributed by atoms with E-state index >= 15 is 0 Å². The van der Waals surface area contributed by atoms with Gasteiger partial charge in [-0.05, 0) is 30.5 Å². The maximum Gasteiger partial charge on any atom is 0.247 e. The predicted octanol–water partition coefficient (Wildman–Crippen LogP) is 2.76. The standard InChI is InChI=1S/C23H31N7O2/c1-18(2)15-21(31)25-8-4-9-28-10-6-19-16-26-23(27-22(19)28)30(20-5-3-7-24-17-20)29-11-13-32-14-12-29/h3,5-7,10,16-18H,4,8-9,11-15H2,1-2H3,(H,25,31). The Morgan fingerprint density at radius 1 is 1.25 bits per heavy atom. The fraction of sp³-hybridized carbons (Fsp3) is 0.478. The average molecular weight is 438 g/mol. The van der Waals surface area contributed by atoms with Crippen molar-refractivity contribution >= 4 is 28.6 Å². The van der Waals surface area contributed by atoms with Gasteiger partial charge in [0.1, 0.15) is 5.65 Å². The quantitative estimate of drug-likeness (QED) is 0.515. The number of nitrogens with one attached hydrogen (secondary N) is 1. The van der Waals surface area contributed by atoms with Crippen molar-refractivity contribution in [2.24, 2.45) is 5.92 Å². The molecule has 0 spiro atoms. The minimum Gasteiger partial charge on any atom is -0.379 e. The van der Waals surface area contributed by atoms with E-state index in [2.05, 4.69) is 38.7 Å². The summed E-state index contributed by atoms with van der Waals surface area (Å²) in [7, 11) is 0. The SMILES string of the molecule is CC(C)CC(=O)NCCCn1ccc2cnc(N(c3cccnc3)N3CCOCC3)nc21. The average Bonchev–Trinajstić information content (AvgIpc) is 3.20. The molecule has 1 fully saturated rings. The van der Waals surface area contributed by atoms with Gasteiger partial charge in [-0.25, -0.2) is 15.0 Å². The normalized spacial score (nSPS) is 14.7. The molecule has 1 aliphatic heterocycles. The Kier molecular flexibility index (Phi) is 7.28. The molecule has 9 nitrogen and oxygen atoms in total. The molecule has 4 rings (SSSR count). The number of anilines is 2. The fourth-order valence-corrected chi connectivity index (χ4v) is 3.80. The first-order valence-corrected chi connectivity index (χ1v) is 11.2. The van der Waals surface area contributed by atoms with Crippen LogP contribution in [0.4, 0.5) is 11.6 Å². The fourth-order valence-electron chi connectivity index (χ4n) is 3.80. The molecule has 0 aromatic carbocycles. The van der Waals surface area contributed by atoms with Gasteiger partial charge in [0.05, 0.1) is 25.1 Å². The third-order valence-electron chi connectivity index (χ3n) is 5.33. The Hall–Kier alpha value is -3.04. The third-order valence-corrected chi connectivity index (χ3v) is 5.33. The number of nitrogens with zero attached hydrogens (tertiary/aromatic N) is 6. The Balaban J connectivity index is 1.52. The number of ether oxygens (including phenoxy) is 1. The lowest BCUT2D eigenvalue weighted by molar-refractivity contribution is -0.121. The second kappa shape index (κ2) is 10.5. The second-order valence-electron chi connectivity index (χ2n) is 8.35. The number of amides is 1. The Bertz CT molecular complexity index is 1020. The number of rotatable bonds is 9. The summed E-state index contributed by atoms with van der Waals surface area (Å²) in [6, 6.07) is 5.95. The molecule has 9 heteroatoms. The van der Waals surface area contributed by atoms with Crippen LogP contribution < -0.4 is 10.3 Å². The van der Waals surface area contributed by atoms with Gasteiger partial charge in [-0.1, -0.05) is 13.8 Å². The van der Waals surface area contributed by atoms with E-state index in [0.717, 1.165) is 42.8 Å². The monoisotopic (exact) mass is 437 g/mol. The Morgan fingerprint density at radius 3 is 2.84 bits per heavy atom. The lowest BCUT2D eigenvalue weighted by Crippen LogP contribution is -2.47. The van der Waals surface area contributed by atoms with Crippen LogP contribution in [-0.2, 0) is 16.1 Å². The lowest BCUT2D eigenvalue weighted by Gasteiger charge is -2.36. The number of fused-ring (bicyclic) bond motifs is 1. The van der Waals surface area contributed by atoms with Crippen LogP contribution >= 0.6 is 0 Å². The molecule has 1 amide bonds. The van der Waals surface area contributed by atoms with Gasteiger partial charge in [-0.2, -0.15) is 4.98 Å². The molecule has 0 bridgehead atoms. The maximum atomic E-state index is 11.9. The van der Waals surface area contributed by atoms with E-state index in [1.807, 2.05) is 41.8 Å². The molecule has 3 aromatic heterocycles. The van der Waals surface area contributed by atoms with Crippen LogP contribution in [0, 0.1) is 5.92 Å². The highest BCUT2D eigenvalue weighted by Gasteiger charge is 2.24. The smallest absolute Gasteiger partial charge is 0.247 e. The van der Waals surface area contributed by atoms with Crippen LogP contribution in [0.2, 0.25) is 0 Å². The van der Waals surface area contributed by atoms with Gasteiger partial charge in [0, 0.05) is 56.6 Å². The van der Waals surface area contributed by atoms with Crippen molar-refractivity contribution in [1.29, 1.82) is 0 Å². The van der Waals surface area contributed by atoms with E-state index in [1.54, 1.807) is 6.20 Å². The zero-order valence-corrected chi connectivity index (χ0v) is 18.8. The number of aryl methyl sites for hydroxylation is 1. The maximum absolute atomic E-state index is 11.9. The number of hydrogen-bond donors (Lipinski definition) is 1. The lowest BCUT2D eigenvalue weighted by atomic mass is 10.1. The molecular formula is C23H31N7O2. The van der Waals surface area contributed by atoms with Gasteiger partial charge in [-0.3, -0.25) is 9.78 Å². The van der Waals surface area contributed by atoms with Gasteiger partial charge in [-0.15, -0.1) is 0 Å². The van der Waals surface area contributed by atoms with Crippen LogP contribution in [0.1, 0.15) is 26.7 Å². The van der Waals surface area contributed by atoms with E-state index in [0.29, 0.717) is 38.0 Å². The molecule has 0 atom stereocenters. The van der Waals surface area contributed by atoms with Crippen molar-refractivity contribution in [1.82, 2.24) is 29.8 Å². The molecule has 1 N–H and O–H groups in total. The predicted molar refractivity (Wildman–Crippen MR) is 123 cm³/mol. The molecule has 3 aromatic rings. The number of carbonyl (C=O) groups is 1. The number of aromatic nitrogens is 4. The van der Waals surface area contributed by atoms with Gasteiger partial charge >= 0.3 is 0 Å². The van der Waals surface area contributed by atoms with E-state index in [1.165, 1.54) is 0 Å². The summed E-state index contributed by atoms with van der Waals surface area (Å²) in [5.41, 5.74) is 1.80. The summed E-state index contributed by atoms with van der Waals surface area (Å²) in [4.78, 5) is 25.7. The summed E-state index contributed by atoms with van der Waals surface area (Å²) in [5.74, 6) is 1.09. The third kappa shape index (κ3) is 5.41. The van der Waals surface area contributed by atoms with Gasteiger partial charge < -0.3 is 14.6 Å². The highest BCUT2D eigenvalue weighted by atomic mass is 16.5. The van der Waals surface area contributed by atoms with Crippen LogP contribution in [0.3, 0.4) is 0 Å². The molecule has 1 saturated heterocycles. The first kappa shape index (κ1) is 22.2. The summed E-state index contributed by atoms with van der Waals surface area (Å²) in [6.07, 6.45) is 8.88. The van der Waals surface area contributed by atoms with Crippen LogP contribution in [0.5, 0.6) is 0 Å². The molecule has 0 saturated carbocycles. The minimum absolute atomic E-state index is 0.111. The van der Waals surface area contributed by atoms with Gasteiger partial charge in [0.2, 0.25) is 11.9 Å². The zero-order valence-electron chi connectivity index (χ0n) is 18.8. The van der Waals surface area contributed by atoms with Gasteiger partial charge in [0.25, 0.3) is 0 Å². The molecular weight excluding hydrogens is 406 g/mol. The summed E-state index contributed by atoms with van der Waals surface area (Å²) in [6.45, 7) is 8.37. The number of hydrazine groups is 1. The summed E-state index contributed by atoms with van der Waals surface area (Å²) < 4.78 is 7.65. The highest BCUT2D eigenvalue weighted by molar-refractivity contribution is 5.77. The van der Waals surface area contributed by atoms with Crippen LogP contribution in [0.25, 0.3) is 11.0 Å². The highest BCUT2D eigenvalue weighted by Crippen LogP contribution is 2.26. The molecule has 0 unspecified atom stereocenters. The second-order valence-corrected chi connectivity index (χ2v) is 8.35. The summed E-state index contributed by atoms with van der Waals surface area (Å²) >= 11 is 0. The molecule has 32 heavy (non-hydrogen) atoms. The van der Waals surface area contributed by atoms with Crippen molar-refractivity contribution in [2.45, 2.75) is 33.2 Å². The van der Waals surface area contributed by atoms with E-state index in [9.17, 15) is 4.79 Å². The van der Waals surface area contributed by atoms with Crippen molar-refractivity contribution in [3.8, 4) is 0 Å². The number of pyridine rings is 1. The van der Waals surface area contributed by atoms with Crippen LogP contribution in [-0.4, -0.2) is 63.3 Å². The number of morpholine rings is 1. The van der Waals surface area contributed by atoms with E-state index in [4.69, 9.17) is 9.72 Å². The minimum atomic E-state index is 0.111. The number of hydrogen-bond acceptors (Lipinski definition) is 7. The molecule has 170 valence electrons. The van der Waals surface area contributed by atoms with Crippen molar-refractivity contribution in [2.75, 3.05) is 37.9 Å². The molecule has 1 aliphatic rings.